The molecular formula is C10H13ClF3N3. The highest BCUT2D eigenvalue weighted by Crippen LogP contribution is 2.39. The summed E-state index contributed by atoms with van der Waals surface area (Å²) in [5, 5.41) is 7.14. The maximum atomic E-state index is 12.9. The highest BCUT2D eigenvalue weighted by atomic mass is 35.5. The maximum absolute atomic E-state index is 12.9. The molecule has 1 heterocycles. The standard InChI is InChI=1S/C10H13ClF3N3/c1-6(7-3-2-4-7)17-9(10(12,13)14)8(5-11)15-16-17/h6-7H,2-5H2,1H3. The van der Waals surface area contributed by atoms with Crippen LogP contribution in [0.4, 0.5) is 13.2 Å². The van der Waals surface area contributed by atoms with Crippen molar-refractivity contribution in [2.45, 2.75) is 44.3 Å². The summed E-state index contributed by atoms with van der Waals surface area (Å²) in [5.74, 6) is -0.00681. The Morgan fingerprint density at radius 1 is 1.47 bits per heavy atom. The number of rotatable bonds is 3. The molecule has 0 spiro atoms. The molecule has 1 fully saturated rings. The molecule has 1 aromatic heterocycles. The molecule has 1 atom stereocenters. The fourth-order valence-electron chi connectivity index (χ4n) is 2.12. The van der Waals surface area contributed by atoms with Crippen molar-refractivity contribution in [3.63, 3.8) is 0 Å². The van der Waals surface area contributed by atoms with Crippen LogP contribution in [0.5, 0.6) is 0 Å². The van der Waals surface area contributed by atoms with Crippen molar-refractivity contribution in [1.29, 1.82) is 0 Å². The lowest BCUT2D eigenvalue weighted by Crippen LogP contribution is -2.27. The zero-order valence-corrected chi connectivity index (χ0v) is 10.1. The second-order valence-corrected chi connectivity index (χ2v) is 4.66. The lowest BCUT2D eigenvalue weighted by molar-refractivity contribution is -0.146. The third-order valence-corrected chi connectivity index (χ3v) is 3.63. The Bertz CT molecular complexity index is 398. The monoisotopic (exact) mass is 267 g/mol. The first-order chi connectivity index (χ1) is 7.95. The van der Waals surface area contributed by atoms with E-state index < -0.39 is 11.9 Å². The van der Waals surface area contributed by atoms with Gasteiger partial charge in [0.25, 0.3) is 0 Å². The van der Waals surface area contributed by atoms with Crippen LogP contribution in [-0.4, -0.2) is 15.0 Å². The van der Waals surface area contributed by atoms with E-state index in [1.165, 1.54) is 0 Å². The second-order valence-electron chi connectivity index (χ2n) is 4.39. The topological polar surface area (TPSA) is 30.7 Å². The van der Waals surface area contributed by atoms with Gasteiger partial charge in [-0.15, -0.1) is 16.7 Å². The molecule has 1 aliphatic rings. The van der Waals surface area contributed by atoms with Crippen LogP contribution in [0.15, 0.2) is 0 Å². The number of nitrogens with zero attached hydrogens (tertiary/aromatic N) is 3. The molecule has 3 nitrogen and oxygen atoms in total. The summed E-state index contributed by atoms with van der Waals surface area (Å²) >= 11 is 5.47. The average Bonchev–Trinajstić information content (AvgIpc) is 2.57. The van der Waals surface area contributed by atoms with Crippen molar-refractivity contribution in [3.8, 4) is 0 Å². The van der Waals surface area contributed by atoms with Crippen LogP contribution in [-0.2, 0) is 12.1 Å². The fraction of sp³-hybridized carbons (Fsp3) is 0.800. The summed E-state index contributed by atoms with van der Waals surface area (Å²) in [7, 11) is 0. The molecule has 96 valence electrons. The van der Waals surface area contributed by atoms with Crippen LogP contribution >= 0.6 is 11.6 Å². The molecule has 2 rings (SSSR count). The van der Waals surface area contributed by atoms with Crippen LogP contribution in [0.1, 0.15) is 43.6 Å². The Morgan fingerprint density at radius 2 is 2.12 bits per heavy atom. The summed E-state index contributed by atoms with van der Waals surface area (Å²) in [6, 6.07) is -0.273. The minimum absolute atomic E-state index is 0.189. The van der Waals surface area contributed by atoms with Gasteiger partial charge in [0.15, 0.2) is 5.69 Å². The molecule has 1 aromatic rings. The van der Waals surface area contributed by atoms with Crippen molar-refractivity contribution in [3.05, 3.63) is 11.4 Å². The van der Waals surface area contributed by atoms with Crippen molar-refractivity contribution < 1.29 is 13.2 Å². The van der Waals surface area contributed by atoms with Gasteiger partial charge < -0.3 is 0 Å². The quantitative estimate of drug-likeness (QED) is 0.786. The van der Waals surface area contributed by atoms with Crippen LogP contribution in [0.2, 0.25) is 0 Å². The molecule has 1 unspecified atom stereocenters. The SMILES string of the molecule is CC(C1CCC1)n1nnc(CCl)c1C(F)(F)F. The van der Waals surface area contributed by atoms with Crippen molar-refractivity contribution in [2.24, 2.45) is 5.92 Å². The lowest BCUT2D eigenvalue weighted by atomic mass is 9.80. The minimum atomic E-state index is -4.45. The normalized spacial score (nSPS) is 19.1. The largest absolute Gasteiger partial charge is 0.434 e. The van der Waals surface area contributed by atoms with Gasteiger partial charge in [0.1, 0.15) is 5.69 Å². The minimum Gasteiger partial charge on any atom is -0.237 e. The molecular weight excluding hydrogens is 255 g/mol. The molecule has 7 heteroatoms. The first-order valence-corrected chi connectivity index (χ1v) is 6.05. The van der Waals surface area contributed by atoms with E-state index in [9.17, 15) is 13.2 Å². The zero-order chi connectivity index (χ0) is 12.6. The van der Waals surface area contributed by atoms with E-state index >= 15 is 0 Å². The van der Waals surface area contributed by atoms with Gasteiger partial charge in [-0.2, -0.15) is 13.2 Å². The van der Waals surface area contributed by atoms with E-state index in [-0.39, 0.29) is 23.5 Å². The molecule has 0 bridgehead atoms. The summed E-state index contributed by atoms with van der Waals surface area (Å²) in [4.78, 5) is 0. The molecule has 0 radical (unpaired) electrons. The maximum Gasteiger partial charge on any atom is 0.434 e. The van der Waals surface area contributed by atoms with E-state index in [2.05, 4.69) is 10.3 Å². The first kappa shape index (κ1) is 12.7. The second kappa shape index (κ2) is 4.48. The van der Waals surface area contributed by atoms with E-state index in [0.717, 1.165) is 23.9 Å². The van der Waals surface area contributed by atoms with Gasteiger partial charge >= 0.3 is 6.18 Å². The van der Waals surface area contributed by atoms with Gasteiger partial charge in [0, 0.05) is 0 Å². The van der Waals surface area contributed by atoms with Crippen molar-refractivity contribution >= 4 is 11.6 Å². The van der Waals surface area contributed by atoms with Crippen LogP contribution in [0.3, 0.4) is 0 Å². The Balaban J connectivity index is 2.36. The molecule has 1 saturated carbocycles. The lowest BCUT2D eigenvalue weighted by Gasteiger charge is -2.32. The van der Waals surface area contributed by atoms with Crippen molar-refractivity contribution in [1.82, 2.24) is 15.0 Å². The molecule has 0 N–H and O–H groups in total. The number of alkyl halides is 4. The number of hydrogen-bond donors (Lipinski definition) is 0. The van der Waals surface area contributed by atoms with Gasteiger partial charge in [-0.05, 0) is 25.7 Å². The smallest absolute Gasteiger partial charge is 0.237 e. The molecule has 0 aliphatic heterocycles. The van der Waals surface area contributed by atoms with E-state index in [1.807, 2.05) is 0 Å². The average molecular weight is 268 g/mol. The highest BCUT2D eigenvalue weighted by molar-refractivity contribution is 6.16. The third-order valence-electron chi connectivity index (χ3n) is 3.38. The van der Waals surface area contributed by atoms with Gasteiger partial charge in [-0.1, -0.05) is 11.6 Å². The Hall–Kier alpha value is -0.780. The van der Waals surface area contributed by atoms with E-state index in [4.69, 9.17) is 11.6 Å². The van der Waals surface area contributed by atoms with Crippen molar-refractivity contribution in [2.75, 3.05) is 0 Å². The van der Waals surface area contributed by atoms with Gasteiger partial charge in [0.2, 0.25) is 0 Å². The Kier molecular flexibility index (Phi) is 3.34. The molecule has 1 aliphatic carbocycles. The molecule has 0 saturated heterocycles. The predicted octanol–water partition coefficient (Wildman–Crippen LogP) is 3.40. The number of hydrogen-bond acceptors (Lipinski definition) is 2. The van der Waals surface area contributed by atoms with Crippen LogP contribution in [0, 0.1) is 5.92 Å². The first-order valence-electron chi connectivity index (χ1n) is 5.52. The van der Waals surface area contributed by atoms with Crippen LogP contribution in [0.25, 0.3) is 0 Å². The summed E-state index contributed by atoms with van der Waals surface area (Å²) < 4.78 is 39.7. The van der Waals surface area contributed by atoms with Gasteiger partial charge in [0.05, 0.1) is 11.9 Å². The van der Waals surface area contributed by atoms with Gasteiger partial charge in [-0.25, -0.2) is 4.68 Å². The van der Waals surface area contributed by atoms with E-state index in [0.29, 0.717) is 0 Å². The Morgan fingerprint density at radius 3 is 2.53 bits per heavy atom. The van der Waals surface area contributed by atoms with Gasteiger partial charge in [-0.3, -0.25) is 0 Å². The summed E-state index contributed by atoms with van der Waals surface area (Å²) in [6.07, 6.45) is -1.47. The fourth-order valence-corrected chi connectivity index (χ4v) is 2.30. The van der Waals surface area contributed by atoms with Crippen LogP contribution < -0.4 is 0 Å². The van der Waals surface area contributed by atoms with E-state index in [1.54, 1.807) is 6.92 Å². The zero-order valence-electron chi connectivity index (χ0n) is 9.34. The third kappa shape index (κ3) is 2.27. The summed E-state index contributed by atoms with van der Waals surface area (Å²) in [5.41, 5.74) is -0.989. The Labute approximate surface area is 102 Å². The summed E-state index contributed by atoms with van der Waals surface area (Å²) in [6.45, 7) is 1.76. The predicted molar refractivity (Wildman–Crippen MR) is 56.6 cm³/mol. The molecule has 0 aromatic carbocycles. The molecule has 0 amide bonds. The highest BCUT2D eigenvalue weighted by Gasteiger charge is 2.41. The number of aromatic nitrogens is 3. The number of halogens is 4. The molecule has 17 heavy (non-hydrogen) atoms.